The minimum Gasteiger partial charge on any atom is -0.328 e. The number of hydrogen-bond donors (Lipinski definition) is 1. The third-order valence-electron chi connectivity index (χ3n) is 2.15. The third-order valence-corrected chi connectivity index (χ3v) is 2.15. The zero-order chi connectivity index (χ0) is 6.53. The molecule has 2 heteroatoms. The van der Waals surface area contributed by atoms with Crippen LogP contribution in [0.3, 0.4) is 0 Å². The molecule has 1 aliphatic rings. The van der Waals surface area contributed by atoms with E-state index in [4.69, 9.17) is 5.73 Å². The van der Waals surface area contributed by atoms with E-state index < -0.39 is 0 Å². The summed E-state index contributed by atoms with van der Waals surface area (Å²) in [4.78, 5) is 0. The van der Waals surface area contributed by atoms with Gasteiger partial charge in [-0.1, -0.05) is 32.1 Å². The van der Waals surface area contributed by atoms with E-state index >= 15 is 0 Å². The monoisotopic (exact) mass is 175 g/mol. The van der Waals surface area contributed by atoms with Crippen molar-refractivity contribution in [3.8, 4) is 0 Å². The Morgan fingerprint density at radius 2 is 1.20 bits per heavy atom. The van der Waals surface area contributed by atoms with E-state index in [1.165, 1.54) is 44.9 Å². The molecule has 0 aromatic carbocycles. The fourth-order valence-electron chi connectivity index (χ4n) is 1.49. The average molecular weight is 175 g/mol. The van der Waals surface area contributed by atoms with E-state index in [0.29, 0.717) is 6.04 Å². The zero-order valence-corrected chi connectivity index (χ0v) is 8.17. The number of hydrogen-bond acceptors (Lipinski definition) is 1. The molecule has 10 heavy (non-hydrogen) atoms. The summed E-state index contributed by atoms with van der Waals surface area (Å²) >= 11 is 0. The molecule has 1 fully saturated rings. The molecular weight excluding hydrogens is 158 g/mol. The molecule has 1 saturated carbocycles. The van der Waals surface area contributed by atoms with Crippen LogP contribution in [0.25, 0.3) is 0 Å². The minimum absolute atomic E-state index is 0. The van der Waals surface area contributed by atoms with Crippen molar-refractivity contribution in [3.63, 3.8) is 0 Å². The van der Waals surface area contributed by atoms with Gasteiger partial charge in [-0.3, -0.25) is 0 Å². The zero-order valence-electron chi connectivity index (χ0n) is 6.60. The maximum atomic E-state index is 5.80. The summed E-state index contributed by atoms with van der Waals surface area (Å²) in [5, 5.41) is 0. The predicted molar refractivity (Wildman–Crippen MR) is 40.3 cm³/mol. The van der Waals surface area contributed by atoms with Crippen LogP contribution in [0.1, 0.15) is 44.9 Å². The van der Waals surface area contributed by atoms with Crippen LogP contribution in [0.4, 0.5) is 0 Å². The smallest absolute Gasteiger partial charge is 0.00388 e. The number of nitrogens with two attached hydrogens (primary N) is 1. The van der Waals surface area contributed by atoms with E-state index in [2.05, 4.69) is 0 Å². The van der Waals surface area contributed by atoms with Crippen LogP contribution in [0.2, 0.25) is 0 Å². The third kappa shape index (κ3) is 4.48. The van der Waals surface area contributed by atoms with Gasteiger partial charge in [0.15, 0.2) is 0 Å². The van der Waals surface area contributed by atoms with Gasteiger partial charge < -0.3 is 5.73 Å². The van der Waals surface area contributed by atoms with Crippen molar-refractivity contribution in [1.82, 2.24) is 0 Å². The Balaban J connectivity index is 0.000000810. The molecule has 1 nitrogen and oxygen atoms in total. The second-order valence-corrected chi connectivity index (χ2v) is 3.11. The Hall–Kier alpha value is 0.674. The van der Waals surface area contributed by atoms with E-state index in [-0.39, 0.29) is 21.7 Å². The molecular formula is C8H17NTi. The summed E-state index contributed by atoms with van der Waals surface area (Å²) < 4.78 is 0. The van der Waals surface area contributed by atoms with E-state index in [9.17, 15) is 0 Å². The normalized spacial score (nSPS) is 22.5. The summed E-state index contributed by atoms with van der Waals surface area (Å²) in [7, 11) is 0. The first-order valence-corrected chi connectivity index (χ1v) is 4.15. The van der Waals surface area contributed by atoms with Gasteiger partial charge >= 0.3 is 0 Å². The first-order chi connectivity index (χ1) is 4.39. The Labute approximate surface area is 78.6 Å². The quantitative estimate of drug-likeness (QED) is 0.560. The molecule has 0 aromatic heterocycles. The molecule has 1 aliphatic carbocycles. The van der Waals surface area contributed by atoms with Gasteiger partial charge in [0.25, 0.3) is 0 Å². The standard InChI is InChI=1S/C8H17N.Ti/c9-8-6-4-2-1-3-5-7-8;/h8H,1-7,9H2;. The van der Waals surface area contributed by atoms with Gasteiger partial charge in [0, 0.05) is 27.8 Å². The topological polar surface area (TPSA) is 26.0 Å². The van der Waals surface area contributed by atoms with Crippen molar-refractivity contribution in [2.45, 2.75) is 51.0 Å². The molecule has 0 amide bonds. The van der Waals surface area contributed by atoms with Crippen molar-refractivity contribution in [3.05, 3.63) is 0 Å². The Morgan fingerprint density at radius 3 is 1.70 bits per heavy atom. The van der Waals surface area contributed by atoms with E-state index in [1.807, 2.05) is 0 Å². The van der Waals surface area contributed by atoms with Gasteiger partial charge in [0.1, 0.15) is 0 Å². The van der Waals surface area contributed by atoms with Crippen molar-refractivity contribution in [2.75, 3.05) is 0 Å². The van der Waals surface area contributed by atoms with Crippen LogP contribution < -0.4 is 5.73 Å². The maximum absolute atomic E-state index is 5.80. The molecule has 58 valence electrons. The summed E-state index contributed by atoms with van der Waals surface area (Å²) in [5.74, 6) is 0. The summed E-state index contributed by atoms with van der Waals surface area (Å²) in [5.41, 5.74) is 5.80. The van der Waals surface area contributed by atoms with Crippen LogP contribution in [0, 0.1) is 0 Å². The molecule has 0 heterocycles. The van der Waals surface area contributed by atoms with Gasteiger partial charge in [0.05, 0.1) is 0 Å². The van der Waals surface area contributed by atoms with E-state index in [1.54, 1.807) is 0 Å². The maximum Gasteiger partial charge on any atom is 0.00388 e. The first kappa shape index (κ1) is 10.7. The van der Waals surface area contributed by atoms with Gasteiger partial charge in [-0.25, -0.2) is 0 Å². The largest absolute Gasteiger partial charge is 0.328 e. The molecule has 0 saturated heterocycles. The molecule has 0 aromatic rings. The van der Waals surface area contributed by atoms with Crippen LogP contribution in [-0.2, 0) is 21.7 Å². The van der Waals surface area contributed by atoms with Crippen LogP contribution in [-0.4, -0.2) is 6.04 Å². The van der Waals surface area contributed by atoms with E-state index in [0.717, 1.165) is 0 Å². The van der Waals surface area contributed by atoms with Crippen LogP contribution in [0.5, 0.6) is 0 Å². The molecule has 0 radical (unpaired) electrons. The van der Waals surface area contributed by atoms with Gasteiger partial charge in [-0.15, -0.1) is 0 Å². The van der Waals surface area contributed by atoms with Gasteiger partial charge in [0.2, 0.25) is 0 Å². The molecule has 1 rings (SSSR count). The average Bonchev–Trinajstić information content (AvgIpc) is 1.79. The SMILES string of the molecule is NC1CCCCCCC1.[Ti]. The fourth-order valence-corrected chi connectivity index (χ4v) is 1.49. The molecule has 0 spiro atoms. The summed E-state index contributed by atoms with van der Waals surface area (Å²) in [6.45, 7) is 0. The second-order valence-electron chi connectivity index (χ2n) is 3.11. The Kier molecular flexibility index (Phi) is 6.82. The Bertz CT molecular complexity index is 67.7. The van der Waals surface area contributed by atoms with Crippen molar-refractivity contribution >= 4 is 0 Å². The summed E-state index contributed by atoms with van der Waals surface area (Å²) in [6.07, 6.45) is 9.51. The molecule has 2 N–H and O–H groups in total. The van der Waals surface area contributed by atoms with Crippen molar-refractivity contribution in [1.29, 1.82) is 0 Å². The minimum atomic E-state index is 0. The van der Waals surface area contributed by atoms with Crippen LogP contribution >= 0.6 is 0 Å². The molecule has 0 unspecified atom stereocenters. The van der Waals surface area contributed by atoms with Gasteiger partial charge in [-0.2, -0.15) is 0 Å². The molecule has 0 bridgehead atoms. The van der Waals surface area contributed by atoms with Crippen LogP contribution in [0.15, 0.2) is 0 Å². The fraction of sp³-hybridized carbons (Fsp3) is 1.00. The predicted octanol–water partition coefficient (Wildman–Crippen LogP) is 2.06. The summed E-state index contributed by atoms with van der Waals surface area (Å²) in [6, 6.07) is 0.519. The number of rotatable bonds is 0. The first-order valence-electron chi connectivity index (χ1n) is 4.15. The van der Waals surface area contributed by atoms with Crippen molar-refractivity contribution in [2.24, 2.45) is 5.73 Å². The van der Waals surface area contributed by atoms with Gasteiger partial charge in [-0.05, 0) is 12.8 Å². The van der Waals surface area contributed by atoms with Crippen molar-refractivity contribution < 1.29 is 21.7 Å². The molecule has 0 atom stereocenters. The second kappa shape index (κ2) is 6.39. The Morgan fingerprint density at radius 1 is 0.800 bits per heavy atom. The molecule has 0 aliphatic heterocycles.